The number of rotatable bonds is 8. The lowest BCUT2D eigenvalue weighted by Gasteiger charge is -2.37. The molecule has 0 aliphatic rings. The third kappa shape index (κ3) is 4.38. The van der Waals surface area contributed by atoms with E-state index in [1.165, 1.54) is 0 Å². The van der Waals surface area contributed by atoms with Crippen molar-refractivity contribution in [3.05, 3.63) is 41.8 Å². The molecule has 0 aromatic heterocycles. The maximum atomic E-state index is 14.3. The van der Waals surface area contributed by atoms with Crippen LogP contribution >= 0.6 is 0 Å². The van der Waals surface area contributed by atoms with Gasteiger partial charge in [0, 0.05) is 11.1 Å². The van der Waals surface area contributed by atoms with Gasteiger partial charge in [-0.2, -0.15) is 79.0 Å². The molecule has 1 aromatic rings. The molecular weight excluding hydrogens is 546 g/mol. The molecule has 0 heterocycles. The Labute approximate surface area is 182 Å². The molecule has 0 nitrogen and oxygen atoms in total. The van der Waals surface area contributed by atoms with Gasteiger partial charge in [-0.05, 0) is 18.4 Å². The summed E-state index contributed by atoms with van der Waals surface area (Å²) in [6.45, 7) is 2.81. The summed E-state index contributed by atoms with van der Waals surface area (Å²) < 4.78 is 239. The van der Waals surface area contributed by atoms with Gasteiger partial charge in [0.05, 0.1) is 0 Å². The lowest BCUT2D eigenvalue weighted by molar-refractivity contribution is -0.400. The smallest absolute Gasteiger partial charge is 0.194 e. The molecule has 1 rings (SSSR count). The van der Waals surface area contributed by atoms with Crippen LogP contribution < -0.4 is 0 Å². The molecule has 1 radical (unpaired) electrons. The maximum absolute atomic E-state index is 14.3. The average Bonchev–Trinajstić information content (AvgIpc) is 2.65. The predicted octanol–water partition coefficient (Wildman–Crippen LogP) is 8.30. The largest absolute Gasteiger partial charge is 0.460 e. The van der Waals surface area contributed by atoms with Crippen LogP contribution in [-0.4, -0.2) is 36.0 Å². The summed E-state index contributed by atoms with van der Waals surface area (Å²) in [6, 6.07) is -1.33. The third-order valence-corrected chi connectivity index (χ3v) is 4.57. The molecule has 0 unspecified atom stereocenters. The zero-order chi connectivity index (χ0) is 28.3. The minimum Gasteiger partial charge on any atom is -0.194 e. The Bertz CT molecular complexity index is 836. The van der Waals surface area contributed by atoms with Gasteiger partial charge in [0.25, 0.3) is 0 Å². The van der Waals surface area contributed by atoms with Crippen LogP contribution in [0.15, 0.2) is 18.2 Å². The van der Waals surface area contributed by atoms with Crippen LogP contribution in [0, 0.1) is 6.92 Å². The van der Waals surface area contributed by atoms with E-state index in [0.29, 0.717) is 0 Å². The van der Waals surface area contributed by atoms with Crippen molar-refractivity contribution < 1.29 is 79.0 Å². The summed E-state index contributed by atoms with van der Waals surface area (Å²) >= 11 is 0. The van der Waals surface area contributed by atoms with Gasteiger partial charge in [-0.15, -0.1) is 0 Å². The first-order valence-electron chi connectivity index (χ1n) is 8.50. The van der Waals surface area contributed by atoms with Crippen LogP contribution in [0.4, 0.5) is 79.0 Å². The Morgan fingerprint density at radius 1 is 0.486 bits per heavy atom. The first-order valence-corrected chi connectivity index (χ1v) is 8.50. The van der Waals surface area contributed by atoms with Gasteiger partial charge in [-0.3, -0.25) is 0 Å². The van der Waals surface area contributed by atoms with Gasteiger partial charge in [0.2, 0.25) is 0 Å². The van der Waals surface area contributed by atoms with Crippen LogP contribution in [0.1, 0.15) is 23.1 Å². The quantitative estimate of drug-likeness (QED) is 0.283. The van der Waals surface area contributed by atoms with E-state index in [1.807, 2.05) is 0 Å². The van der Waals surface area contributed by atoms with Gasteiger partial charge in [-0.1, -0.05) is 25.1 Å². The first-order chi connectivity index (χ1) is 15.2. The lowest BCUT2D eigenvalue weighted by Crippen LogP contribution is -2.60. The predicted molar refractivity (Wildman–Crippen MR) is 79.8 cm³/mol. The maximum Gasteiger partial charge on any atom is 0.460 e. The molecule has 35 heavy (non-hydrogen) atoms. The van der Waals surface area contributed by atoms with Gasteiger partial charge < -0.3 is 0 Å². The minimum absolute atomic E-state index is 0.345. The highest BCUT2D eigenvalue weighted by atomic mass is 19.4. The molecule has 0 aliphatic carbocycles. The normalized spacial score (nSPS) is 15.5. The van der Waals surface area contributed by atoms with Crippen LogP contribution in [-0.2, 0) is 18.3 Å². The van der Waals surface area contributed by atoms with E-state index in [9.17, 15) is 79.0 Å². The van der Waals surface area contributed by atoms with E-state index in [1.54, 1.807) is 0 Å². The monoisotopic (exact) mass is 555 g/mol. The summed E-state index contributed by atoms with van der Waals surface area (Å²) in [7, 11) is 0. The fourth-order valence-electron chi connectivity index (χ4n) is 2.71. The summed E-state index contributed by atoms with van der Waals surface area (Å²) in [5.41, 5.74) is -8.11. The number of hydrogen-bond acceptors (Lipinski definition) is 0. The Morgan fingerprint density at radius 2 is 0.771 bits per heavy atom. The van der Waals surface area contributed by atoms with Gasteiger partial charge in [0.15, 0.2) is 0 Å². The van der Waals surface area contributed by atoms with Crippen molar-refractivity contribution in [1.29, 1.82) is 0 Å². The Morgan fingerprint density at radius 3 is 1.00 bits per heavy atom. The first kappa shape index (κ1) is 31.0. The summed E-state index contributed by atoms with van der Waals surface area (Å²) in [6.07, 6.45) is -17.4. The molecule has 18 heteroatoms. The van der Waals surface area contributed by atoms with Crippen molar-refractivity contribution in [3.8, 4) is 0 Å². The second kappa shape index (κ2) is 8.52. The van der Waals surface area contributed by atoms with Crippen molar-refractivity contribution in [2.24, 2.45) is 0 Å². The van der Waals surface area contributed by atoms with Crippen LogP contribution in [0.25, 0.3) is 0 Å². The molecule has 0 bridgehead atoms. The fourth-order valence-corrected chi connectivity index (χ4v) is 2.71. The van der Waals surface area contributed by atoms with E-state index in [-0.39, 0.29) is 6.07 Å². The van der Waals surface area contributed by atoms with Crippen molar-refractivity contribution in [2.75, 3.05) is 0 Å². The minimum atomic E-state index is -7.56. The van der Waals surface area contributed by atoms with E-state index in [4.69, 9.17) is 0 Å². The highest BCUT2D eigenvalue weighted by Crippen LogP contribution is 2.60. The molecule has 0 atom stereocenters. The summed E-state index contributed by atoms with van der Waals surface area (Å²) in [4.78, 5) is 0. The number of hydrogen-bond donors (Lipinski definition) is 0. The molecule has 0 aliphatic heterocycles. The van der Waals surface area contributed by atoms with Crippen molar-refractivity contribution in [2.45, 2.75) is 60.7 Å². The molecule has 0 spiro atoms. The van der Waals surface area contributed by atoms with E-state index in [0.717, 1.165) is 0 Å². The number of benzene rings is 1. The lowest BCUT2D eigenvalue weighted by atomic mass is 9.84. The molecule has 1 aromatic carbocycles. The SMILES string of the molecule is [CH2]CCc1c(C(F)(F)C(F)(F)C(F)(F)C(F)(F)F)cccc1C(F)(F)C(F)(F)C(F)(F)C(F)(F)F. The second-order valence-corrected chi connectivity index (χ2v) is 6.88. The number of halogens is 18. The Balaban J connectivity index is 3.99. The van der Waals surface area contributed by atoms with Crippen molar-refractivity contribution in [3.63, 3.8) is 0 Å². The second-order valence-electron chi connectivity index (χ2n) is 6.88. The zero-order valence-corrected chi connectivity index (χ0v) is 16.2. The van der Waals surface area contributed by atoms with Crippen LogP contribution in [0.3, 0.4) is 0 Å². The topological polar surface area (TPSA) is 0 Å². The van der Waals surface area contributed by atoms with E-state index in [2.05, 4.69) is 6.92 Å². The van der Waals surface area contributed by atoms with Gasteiger partial charge >= 0.3 is 47.9 Å². The molecule has 203 valence electrons. The van der Waals surface area contributed by atoms with Gasteiger partial charge in [0.1, 0.15) is 0 Å². The molecule has 0 fully saturated rings. The summed E-state index contributed by atoms with van der Waals surface area (Å²) in [5, 5.41) is 0. The zero-order valence-electron chi connectivity index (χ0n) is 16.2. The fraction of sp³-hybridized carbons (Fsp3) is 0.588. The highest BCUT2D eigenvalue weighted by molar-refractivity contribution is 5.43. The average molecular weight is 555 g/mol. The van der Waals surface area contributed by atoms with Crippen molar-refractivity contribution >= 4 is 0 Å². The standard InChI is InChI=1S/C17H9F18/c1-2-4-7-8(10(18,19)12(22,23)14(26,27)16(30,31)32)5-3-6-9(7)11(20,21)13(24,25)15(28,29)17(33,34)35/h3,5-6H,1-2,4H2. The Hall–Kier alpha value is -2.04. The molecule has 0 saturated carbocycles. The van der Waals surface area contributed by atoms with E-state index >= 15 is 0 Å². The van der Waals surface area contributed by atoms with Crippen LogP contribution in [0.5, 0.6) is 0 Å². The Kier molecular flexibility index (Phi) is 7.54. The molecule has 0 amide bonds. The molecule has 0 saturated heterocycles. The van der Waals surface area contributed by atoms with Crippen LogP contribution in [0.2, 0.25) is 0 Å². The van der Waals surface area contributed by atoms with Crippen molar-refractivity contribution in [1.82, 2.24) is 0 Å². The molecular formula is C17H9F18. The van der Waals surface area contributed by atoms with E-state index < -0.39 is 89.6 Å². The summed E-state index contributed by atoms with van der Waals surface area (Å²) in [5.74, 6) is -43.7. The number of alkyl halides is 18. The molecule has 0 N–H and O–H groups in total. The third-order valence-electron chi connectivity index (χ3n) is 4.57. The highest BCUT2D eigenvalue weighted by Gasteiger charge is 2.84. The van der Waals surface area contributed by atoms with Gasteiger partial charge in [-0.25, -0.2) is 0 Å².